The maximum absolute atomic E-state index is 13.5. The molecule has 1 aliphatic rings. The molecule has 5 nitrogen and oxygen atoms in total. The van der Waals surface area contributed by atoms with E-state index >= 15 is 0 Å². The number of esters is 1. The van der Waals surface area contributed by atoms with Gasteiger partial charge in [-0.2, -0.15) is 0 Å². The summed E-state index contributed by atoms with van der Waals surface area (Å²) in [7, 11) is 0. The van der Waals surface area contributed by atoms with Crippen molar-refractivity contribution < 1.29 is 18.7 Å². The van der Waals surface area contributed by atoms with E-state index in [2.05, 4.69) is 5.32 Å². The molecule has 1 heterocycles. The number of carbonyl (C=O) groups excluding carboxylic acids is 2. The predicted octanol–water partition coefficient (Wildman–Crippen LogP) is 1.73. The van der Waals surface area contributed by atoms with Crippen LogP contribution in [0.15, 0.2) is 18.2 Å². The maximum Gasteiger partial charge on any atom is 0.307 e. The number of carbonyl (C=O) groups is 2. The smallest absolute Gasteiger partial charge is 0.307 e. The van der Waals surface area contributed by atoms with Gasteiger partial charge in [-0.15, -0.1) is 0 Å². The Morgan fingerprint density at radius 2 is 2.32 bits per heavy atom. The molecule has 0 aromatic heterocycles. The van der Waals surface area contributed by atoms with Gasteiger partial charge >= 0.3 is 5.97 Å². The number of piperazine rings is 1. The van der Waals surface area contributed by atoms with Gasteiger partial charge in [0, 0.05) is 19.6 Å². The minimum absolute atomic E-state index is 0.0181. The van der Waals surface area contributed by atoms with Crippen LogP contribution < -0.4 is 5.32 Å². The molecule has 1 saturated heterocycles. The summed E-state index contributed by atoms with van der Waals surface area (Å²) < 4.78 is 18.4. The van der Waals surface area contributed by atoms with Crippen LogP contribution in [0.4, 0.5) is 4.39 Å². The monoisotopic (exact) mass is 328 g/mol. The Labute approximate surface area is 133 Å². The minimum atomic E-state index is -0.605. The predicted molar refractivity (Wildman–Crippen MR) is 79.9 cm³/mol. The maximum atomic E-state index is 13.5. The number of hydrogen-bond donors (Lipinski definition) is 1. The Balaban J connectivity index is 2.09. The number of hydrogen-bond acceptors (Lipinski definition) is 4. The molecule has 0 aliphatic carbocycles. The second-order valence-electron chi connectivity index (χ2n) is 5.03. The quantitative estimate of drug-likeness (QED) is 0.836. The number of nitrogens with one attached hydrogen (secondary N) is 1. The second-order valence-corrected chi connectivity index (χ2v) is 5.44. The van der Waals surface area contributed by atoms with Crippen LogP contribution in [0.1, 0.15) is 18.9 Å². The third-order valence-corrected chi connectivity index (χ3v) is 3.78. The second kappa shape index (κ2) is 7.56. The van der Waals surface area contributed by atoms with Crippen molar-refractivity contribution in [3.8, 4) is 0 Å². The summed E-state index contributed by atoms with van der Waals surface area (Å²) in [6, 6.07) is 3.93. The van der Waals surface area contributed by atoms with Gasteiger partial charge in [0.2, 0.25) is 5.91 Å². The van der Waals surface area contributed by atoms with E-state index in [0.29, 0.717) is 25.2 Å². The fourth-order valence-electron chi connectivity index (χ4n) is 2.42. The normalized spacial score (nSPS) is 18.9. The molecule has 1 N–H and O–H groups in total. The van der Waals surface area contributed by atoms with E-state index in [-0.39, 0.29) is 24.0 Å². The summed E-state index contributed by atoms with van der Waals surface area (Å²) in [6.45, 7) is 3.43. The van der Waals surface area contributed by atoms with Crippen molar-refractivity contribution in [3.05, 3.63) is 34.6 Å². The van der Waals surface area contributed by atoms with Crippen LogP contribution in [-0.2, 0) is 20.9 Å². The van der Waals surface area contributed by atoms with Crippen molar-refractivity contribution >= 4 is 23.5 Å². The minimum Gasteiger partial charge on any atom is -0.466 e. The molecule has 1 fully saturated rings. The SMILES string of the molecule is CCOC(=O)C[C@H]1C(=O)NCCN1Cc1ccc(Cl)c(F)c1. The van der Waals surface area contributed by atoms with Crippen molar-refractivity contribution in [2.24, 2.45) is 0 Å². The lowest BCUT2D eigenvalue weighted by Crippen LogP contribution is -2.55. The van der Waals surface area contributed by atoms with Gasteiger partial charge in [0.05, 0.1) is 18.1 Å². The highest BCUT2D eigenvalue weighted by atomic mass is 35.5. The van der Waals surface area contributed by atoms with Gasteiger partial charge in [0.1, 0.15) is 11.9 Å². The Hall–Kier alpha value is -1.66. The largest absolute Gasteiger partial charge is 0.466 e. The third-order valence-electron chi connectivity index (χ3n) is 3.48. The molecule has 1 amide bonds. The Morgan fingerprint density at radius 1 is 1.55 bits per heavy atom. The Bertz CT molecular complexity index is 568. The first-order valence-electron chi connectivity index (χ1n) is 7.12. The van der Waals surface area contributed by atoms with Crippen LogP contribution in [0.2, 0.25) is 5.02 Å². The molecule has 0 saturated carbocycles. The number of rotatable bonds is 5. The van der Waals surface area contributed by atoms with E-state index in [1.54, 1.807) is 13.0 Å². The standard InChI is InChI=1S/C15H18ClFN2O3/c1-2-22-14(20)8-13-15(21)18-5-6-19(13)9-10-3-4-11(16)12(17)7-10/h3-4,7,13H,2,5-6,8-9H2,1H3,(H,18,21)/t13-/m0/s1. The fraction of sp³-hybridized carbons (Fsp3) is 0.467. The zero-order chi connectivity index (χ0) is 16.1. The van der Waals surface area contributed by atoms with Crippen LogP contribution in [0.3, 0.4) is 0 Å². The van der Waals surface area contributed by atoms with Gasteiger partial charge in [0.15, 0.2) is 0 Å². The molecule has 2 rings (SSSR count). The molecular formula is C15H18ClFN2O3. The van der Waals surface area contributed by atoms with E-state index in [9.17, 15) is 14.0 Å². The first-order chi connectivity index (χ1) is 10.5. The van der Waals surface area contributed by atoms with E-state index < -0.39 is 17.8 Å². The van der Waals surface area contributed by atoms with Gasteiger partial charge in [0.25, 0.3) is 0 Å². The molecule has 0 spiro atoms. The highest BCUT2D eigenvalue weighted by Gasteiger charge is 2.32. The van der Waals surface area contributed by atoms with Crippen LogP contribution in [0.5, 0.6) is 0 Å². The zero-order valence-corrected chi connectivity index (χ0v) is 13.0. The van der Waals surface area contributed by atoms with Crippen LogP contribution in [-0.4, -0.2) is 42.5 Å². The zero-order valence-electron chi connectivity index (χ0n) is 12.3. The Kier molecular flexibility index (Phi) is 5.74. The molecule has 1 aliphatic heterocycles. The summed E-state index contributed by atoms with van der Waals surface area (Å²) >= 11 is 5.66. The first-order valence-corrected chi connectivity index (χ1v) is 7.50. The highest BCUT2D eigenvalue weighted by Crippen LogP contribution is 2.19. The van der Waals surface area contributed by atoms with Gasteiger partial charge in [-0.1, -0.05) is 17.7 Å². The molecule has 1 aromatic rings. The van der Waals surface area contributed by atoms with Crippen LogP contribution >= 0.6 is 11.6 Å². The topological polar surface area (TPSA) is 58.6 Å². The number of halogens is 2. The summed E-state index contributed by atoms with van der Waals surface area (Å²) in [5.74, 6) is -1.13. The lowest BCUT2D eigenvalue weighted by molar-refractivity contribution is -0.148. The van der Waals surface area contributed by atoms with E-state index in [4.69, 9.17) is 16.3 Å². The molecular weight excluding hydrogens is 311 g/mol. The van der Waals surface area contributed by atoms with Gasteiger partial charge < -0.3 is 10.1 Å². The first kappa shape index (κ1) is 16.7. The molecule has 0 unspecified atom stereocenters. The average Bonchev–Trinajstić information content (AvgIpc) is 2.47. The summed E-state index contributed by atoms with van der Waals surface area (Å²) in [4.78, 5) is 25.5. The lowest BCUT2D eigenvalue weighted by atomic mass is 10.1. The van der Waals surface area contributed by atoms with Crippen LogP contribution in [0.25, 0.3) is 0 Å². The summed E-state index contributed by atoms with van der Waals surface area (Å²) in [6.07, 6.45) is -0.0181. The number of benzene rings is 1. The molecule has 1 aromatic carbocycles. The number of nitrogens with zero attached hydrogens (tertiary/aromatic N) is 1. The van der Waals surface area contributed by atoms with E-state index in [0.717, 1.165) is 0 Å². The highest BCUT2D eigenvalue weighted by molar-refractivity contribution is 6.30. The molecule has 22 heavy (non-hydrogen) atoms. The molecule has 120 valence electrons. The number of amides is 1. The summed E-state index contributed by atoms with van der Waals surface area (Å²) in [5.41, 5.74) is 0.699. The van der Waals surface area contributed by atoms with Gasteiger partial charge in [-0.05, 0) is 24.6 Å². The summed E-state index contributed by atoms with van der Waals surface area (Å²) in [5, 5.41) is 2.79. The van der Waals surface area contributed by atoms with E-state index in [1.165, 1.54) is 12.1 Å². The lowest BCUT2D eigenvalue weighted by Gasteiger charge is -2.34. The molecule has 1 atom stereocenters. The fourth-order valence-corrected chi connectivity index (χ4v) is 2.54. The van der Waals surface area contributed by atoms with Crippen LogP contribution in [0, 0.1) is 5.82 Å². The van der Waals surface area contributed by atoms with Crippen molar-refractivity contribution in [2.45, 2.75) is 25.9 Å². The van der Waals surface area contributed by atoms with Gasteiger partial charge in [-0.25, -0.2) is 4.39 Å². The van der Waals surface area contributed by atoms with Crippen molar-refractivity contribution in [1.82, 2.24) is 10.2 Å². The van der Waals surface area contributed by atoms with Crippen molar-refractivity contribution in [1.29, 1.82) is 0 Å². The third kappa shape index (κ3) is 4.18. The number of ether oxygens (including phenoxy) is 1. The molecule has 0 radical (unpaired) electrons. The molecule has 0 bridgehead atoms. The average molecular weight is 329 g/mol. The van der Waals surface area contributed by atoms with E-state index in [1.807, 2.05) is 4.90 Å². The van der Waals surface area contributed by atoms with Crippen molar-refractivity contribution in [2.75, 3.05) is 19.7 Å². The van der Waals surface area contributed by atoms with Crippen molar-refractivity contribution in [3.63, 3.8) is 0 Å². The Morgan fingerprint density at radius 3 is 3.00 bits per heavy atom. The molecule has 7 heteroatoms. The van der Waals surface area contributed by atoms with Gasteiger partial charge in [-0.3, -0.25) is 14.5 Å².